The zero-order chi connectivity index (χ0) is 21.0. The maximum absolute atomic E-state index is 12.9. The largest absolute Gasteiger partial charge is 0.416 e. The number of nitrogens with one attached hydrogen (secondary N) is 2. The minimum Gasteiger partial charge on any atom is -0.353 e. The summed E-state index contributed by atoms with van der Waals surface area (Å²) in [6.07, 6.45) is -0.266. The number of hydrogen-bond acceptors (Lipinski definition) is 3. The van der Waals surface area contributed by atoms with Crippen molar-refractivity contribution in [2.24, 2.45) is 5.92 Å². The van der Waals surface area contributed by atoms with Crippen LogP contribution in [0.3, 0.4) is 0 Å². The van der Waals surface area contributed by atoms with E-state index in [1.807, 2.05) is 0 Å². The van der Waals surface area contributed by atoms with Crippen molar-refractivity contribution in [2.45, 2.75) is 50.7 Å². The quantitative estimate of drug-likeness (QED) is 0.725. The van der Waals surface area contributed by atoms with Gasteiger partial charge in [-0.05, 0) is 56.8 Å². The summed E-state index contributed by atoms with van der Waals surface area (Å²) in [6.45, 7) is 5.07. The molecule has 8 heteroatoms. The van der Waals surface area contributed by atoms with Gasteiger partial charge in [0.05, 0.1) is 5.56 Å². The van der Waals surface area contributed by atoms with Crippen molar-refractivity contribution in [3.63, 3.8) is 0 Å². The lowest BCUT2D eigenvalue weighted by molar-refractivity contribution is -0.137. The molecule has 2 amide bonds. The molecule has 1 saturated carbocycles. The molecule has 1 aliphatic heterocycles. The van der Waals surface area contributed by atoms with Gasteiger partial charge >= 0.3 is 6.18 Å². The van der Waals surface area contributed by atoms with Crippen molar-refractivity contribution in [1.29, 1.82) is 0 Å². The Morgan fingerprint density at radius 2 is 1.93 bits per heavy atom. The van der Waals surface area contributed by atoms with Crippen molar-refractivity contribution >= 4 is 11.8 Å². The van der Waals surface area contributed by atoms with Crippen molar-refractivity contribution in [3.8, 4) is 0 Å². The summed E-state index contributed by atoms with van der Waals surface area (Å²) >= 11 is 0. The van der Waals surface area contributed by atoms with Crippen molar-refractivity contribution in [2.75, 3.05) is 26.2 Å². The van der Waals surface area contributed by atoms with Gasteiger partial charge in [0.25, 0.3) is 0 Å². The average molecular weight is 411 g/mol. The van der Waals surface area contributed by atoms with E-state index in [0.29, 0.717) is 18.5 Å². The van der Waals surface area contributed by atoms with Gasteiger partial charge in [-0.3, -0.25) is 9.59 Å². The van der Waals surface area contributed by atoms with Crippen molar-refractivity contribution < 1.29 is 22.8 Å². The Bertz CT molecular complexity index is 732. The number of carbonyl (C=O) groups excluding carboxylic acids is 2. The molecule has 5 nitrogen and oxygen atoms in total. The predicted molar refractivity (Wildman–Crippen MR) is 103 cm³/mol. The molecule has 0 unspecified atom stereocenters. The van der Waals surface area contributed by atoms with E-state index in [1.165, 1.54) is 25.3 Å². The Kier molecular flexibility index (Phi) is 6.82. The van der Waals surface area contributed by atoms with Gasteiger partial charge in [-0.25, -0.2) is 0 Å². The molecule has 2 fully saturated rings. The fourth-order valence-corrected chi connectivity index (χ4v) is 3.86. The third-order valence-corrected chi connectivity index (χ3v) is 5.70. The summed E-state index contributed by atoms with van der Waals surface area (Å²) in [7, 11) is 0. The second kappa shape index (κ2) is 9.15. The van der Waals surface area contributed by atoms with Crippen LogP contribution in [0.1, 0.15) is 49.7 Å². The maximum Gasteiger partial charge on any atom is 0.416 e. The molecule has 1 saturated heterocycles. The van der Waals surface area contributed by atoms with Gasteiger partial charge in [-0.2, -0.15) is 13.2 Å². The molecule has 1 aliphatic carbocycles. The Balaban J connectivity index is 1.43. The second-order valence-electron chi connectivity index (χ2n) is 8.00. The van der Waals surface area contributed by atoms with E-state index in [4.69, 9.17) is 0 Å². The highest BCUT2D eigenvalue weighted by Gasteiger charge is 2.45. The van der Waals surface area contributed by atoms with Crippen LogP contribution >= 0.6 is 0 Å². The highest BCUT2D eigenvalue weighted by molar-refractivity contribution is 5.89. The molecule has 0 spiro atoms. The highest BCUT2D eigenvalue weighted by Crippen LogP contribution is 2.48. The summed E-state index contributed by atoms with van der Waals surface area (Å²) in [5.41, 5.74) is -0.193. The zero-order valence-corrected chi connectivity index (χ0v) is 16.6. The van der Waals surface area contributed by atoms with E-state index in [0.717, 1.165) is 31.8 Å². The van der Waals surface area contributed by atoms with Crippen LogP contribution in [0, 0.1) is 5.92 Å². The molecule has 29 heavy (non-hydrogen) atoms. The number of alkyl halides is 3. The fraction of sp³-hybridized carbons (Fsp3) is 0.619. The number of halogens is 3. The van der Waals surface area contributed by atoms with Crippen LogP contribution in [0.25, 0.3) is 0 Å². The first kappa shape index (κ1) is 21.6. The fourth-order valence-electron chi connectivity index (χ4n) is 3.86. The summed E-state index contributed by atoms with van der Waals surface area (Å²) < 4.78 is 38.6. The summed E-state index contributed by atoms with van der Waals surface area (Å²) in [6, 6.07) is 4.44. The van der Waals surface area contributed by atoms with Crippen LogP contribution in [-0.4, -0.2) is 48.9 Å². The first-order valence-electron chi connectivity index (χ1n) is 10.2. The molecule has 0 bridgehead atoms. The monoisotopic (exact) mass is 411 g/mol. The lowest BCUT2D eigenvalue weighted by Gasteiger charge is -2.26. The Labute approximate surface area is 169 Å². The Morgan fingerprint density at radius 3 is 2.62 bits per heavy atom. The standard InChI is InChI=1S/C21H28F3N3O2/c1-14(19(28)25-8-11-27-9-3-2-4-10-27)26-20(29)18-13-17(18)15-6-5-7-16(12-15)21(22,23)24/h5-7,12,14,17-18H,2-4,8-11,13H2,1H3,(H,25,28)(H,26,29)/t14-,17-,18+/m1/s1. The van der Waals surface area contributed by atoms with E-state index in [2.05, 4.69) is 15.5 Å². The lowest BCUT2D eigenvalue weighted by Crippen LogP contribution is -2.47. The van der Waals surface area contributed by atoms with E-state index in [1.54, 1.807) is 13.0 Å². The van der Waals surface area contributed by atoms with Gasteiger partial charge in [0.15, 0.2) is 0 Å². The first-order chi connectivity index (χ1) is 13.8. The molecule has 0 radical (unpaired) electrons. The summed E-state index contributed by atoms with van der Waals surface area (Å²) in [5.74, 6) is -1.15. The summed E-state index contributed by atoms with van der Waals surface area (Å²) in [4.78, 5) is 26.9. The number of carbonyl (C=O) groups is 2. The first-order valence-corrected chi connectivity index (χ1v) is 10.2. The third-order valence-electron chi connectivity index (χ3n) is 5.70. The van der Waals surface area contributed by atoms with Crippen molar-refractivity contribution in [1.82, 2.24) is 15.5 Å². The van der Waals surface area contributed by atoms with Crippen LogP contribution in [0.15, 0.2) is 24.3 Å². The normalized spacial score (nSPS) is 23.3. The minimum atomic E-state index is -4.40. The van der Waals surface area contributed by atoms with Gasteiger partial charge in [0, 0.05) is 19.0 Å². The molecule has 2 N–H and O–H groups in total. The van der Waals surface area contributed by atoms with E-state index >= 15 is 0 Å². The van der Waals surface area contributed by atoms with E-state index in [-0.39, 0.29) is 23.7 Å². The molecule has 160 valence electrons. The Morgan fingerprint density at radius 1 is 1.21 bits per heavy atom. The summed E-state index contributed by atoms with van der Waals surface area (Å²) in [5, 5.41) is 5.53. The van der Waals surface area contributed by atoms with Crippen LogP contribution < -0.4 is 10.6 Å². The third kappa shape index (κ3) is 5.95. The average Bonchev–Trinajstić information content (AvgIpc) is 3.49. The number of benzene rings is 1. The highest BCUT2D eigenvalue weighted by atomic mass is 19.4. The van der Waals surface area contributed by atoms with E-state index < -0.39 is 17.8 Å². The van der Waals surface area contributed by atoms with Crippen LogP contribution in [0.4, 0.5) is 13.2 Å². The van der Waals surface area contributed by atoms with Crippen LogP contribution in [0.5, 0.6) is 0 Å². The molecule has 3 rings (SSSR count). The van der Waals surface area contributed by atoms with Gasteiger partial charge in [-0.15, -0.1) is 0 Å². The number of likely N-dealkylation sites (tertiary alicyclic amines) is 1. The molecule has 0 aromatic heterocycles. The van der Waals surface area contributed by atoms with Gasteiger partial charge in [0.2, 0.25) is 11.8 Å². The molecular weight excluding hydrogens is 383 g/mol. The molecule has 1 aromatic carbocycles. The number of hydrogen-bond donors (Lipinski definition) is 2. The minimum absolute atomic E-state index is 0.230. The molecule has 3 atom stereocenters. The zero-order valence-electron chi connectivity index (χ0n) is 16.6. The number of amides is 2. The maximum atomic E-state index is 12.9. The van der Waals surface area contributed by atoms with Crippen LogP contribution in [0.2, 0.25) is 0 Å². The molecule has 1 aromatic rings. The van der Waals surface area contributed by atoms with Gasteiger partial charge in [-0.1, -0.05) is 24.6 Å². The SMILES string of the molecule is C[C@@H](NC(=O)[C@H]1C[C@@H]1c1cccc(C(F)(F)F)c1)C(=O)NCCN1CCCCC1. The van der Waals surface area contributed by atoms with Crippen molar-refractivity contribution in [3.05, 3.63) is 35.4 Å². The number of rotatable bonds is 7. The van der Waals surface area contributed by atoms with E-state index in [9.17, 15) is 22.8 Å². The second-order valence-corrected chi connectivity index (χ2v) is 8.00. The van der Waals surface area contributed by atoms with Gasteiger partial charge in [0.1, 0.15) is 6.04 Å². The predicted octanol–water partition coefficient (Wildman–Crippen LogP) is 2.92. The Hall–Kier alpha value is -2.09. The lowest BCUT2D eigenvalue weighted by atomic mass is 10.1. The molecule has 1 heterocycles. The van der Waals surface area contributed by atoms with Gasteiger partial charge < -0.3 is 15.5 Å². The molecular formula is C21H28F3N3O2. The molecule has 2 aliphatic rings. The van der Waals surface area contributed by atoms with Crippen LogP contribution in [-0.2, 0) is 15.8 Å². The smallest absolute Gasteiger partial charge is 0.353 e. The number of nitrogens with zero attached hydrogens (tertiary/aromatic N) is 1. The topological polar surface area (TPSA) is 61.4 Å². The number of piperidine rings is 1.